The van der Waals surface area contributed by atoms with Gasteiger partial charge >= 0.3 is 0 Å². The highest BCUT2D eigenvalue weighted by Gasteiger charge is 2.15. The van der Waals surface area contributed by atoms with Crippen LogP contribution >= 0.6 is 0 Å². The highest BCUT2D eigenvalue weighted by Crippen LogP contribution is 2.21. The molecule has 1 aromatic rings. The maximum absolute atomic E-state index is 4.54. The van der Waals surface area contributed by atoms with Crippen molar-refractivity contribution in [1.82, 2.24) is 9.97 Å². The standard InChI is InChI=1S/C14H24N4/c1-10(2)9-15-13-8-11(3)16-14(18-13)17-12-6-4-5-7-12/h8,10,12H,4-7,9H2,1-3H3,(H2,15,16,17,18). The van der Waals surface area contributed by atoms with Gasteiger partial charge in [0.25, 0.3) is 0 Å². The van der Waals surface area contributed by atoms with Crippen LogP contribution in [-0.2, 0) is 0 Å². The van der Waals surface area contributed by atoms with Crippen molar-refractivity contribution < 1.29 is 0 Å². The first-order valence-electron chi connectivity index (χ1n) is 6.99. The number of aromatic nitrogens is 2. The van der Waals surface area contributed by atoms with E-state index in [0.717, 1.165) is 24.0 Å². The lowest BCUT2D eigenvalue weighted by atomic mass is 10.2. The van der Waals surface area contributed by atoms with E-state index >= 15 is 0 Å². The second kappa shape index (κ2) is 6.03. The van der Waals surface area contributed by atoms with Gasteiger partial charge in [0.2, 0.25) is 5.95 Å². The van der Waals surface area contributed by atoms with Gasteiger partial charge in [0.05, 0.1) is 0 Å². The molecule has 18 heavy (non-hydrogen) atoms. The summed E-state index contributed by atoms with van der Waals surface area (Å²) in [5, 5.41) is 6.81. The SMILES string of the molecule is Cc1cc(NCC(C)C)nc(NC2CCCC2)n1. The van der Waals surface area contributed by atoms with E-state index in [1.165, 1.54) is 25.7 Å². The number of nitrogens with zero attached hydrogens (tertiary/aromatic N) is 2. The van der Waals surface area contributed by atoms with Crippen molar-refractivity contribution in [1.29, 1.82) is 0 Å². The van der Waals surface area contributed by atoms with Gasteiger partial charge in [0.1, 0.15) is 5.82 Å². The van der Waals surface area contributed by atoms with Gasteiger partial charge in [0.15, 0.2) is 0 Å². The number of hydrogen-bond acceptors (Lipinski definition) is 4. The maximum atomic E-state index is 4.54. The van der Waals surface area contributed by atoms with Crippen molar-refractivity contribution in [3.63, 3.8) is 0 Å². The lowest BCUT2D eigenvalue weighted by Gasteiger charge is -2.14. The lowest BCUT2D eigenvalue weighted by molar-refractivity contribution is 0.686. The molecule has 2 N–H and O–H groups in total. The van der Waals surface area contributed by atoms with Crippen molar-refractivity contribution in [3.8, 4) is 0 Å². The second-order valence-electron chi connectivity index (χ2n) is 5.62. The molecule has 0 atom stereocenters. The normalized spacial score (nSPS) is 16.2. The van der Waals surface area contributed by atoms with Crippen LogP contribution in [0.4, 0.5) is 11.8 Å². The molecule has 1 aliphatic rings. The summed E-state index contributed by atoms with van der Waals surface area (Å²) >= 11 is 0. The molecule has 1 aliphatic carbocycles. The van der Waals surface area contributed by atoms with Crippen LogP contribution in [0.3, 0.4) is 0 Å². The quantitative estimate of drug-likeness (QED) is 0.840. The first-order chi connectivity index (χ1) is 8.63. The number of rotatable bonds is 5. The van der Waals surface area contributed by atoms with Crippen LogP contribution in [0.5, 0.6) is 0 Å². The Bertz CT molecular complexity index is 383. The van der Waals surface area contributed by atoms with E-state index in [-0.39, 0.29) is 0 Å². The molecule has 1 heterocycles. The number of hydrogen-bond donors (Lipinski definition) is 2. The Morgan fingerprint density at radius 1 is 1.28 bits per heavy atom. The van der Waals surface area contributed by atoms with E-state index in [1.807, 2.05) is 13.0 Å². The monoisotopic (exact) mass is 248 g/mol. The van der Waals surface area contributed by atoms with E-state index in [2.05, 4.69) is 34.4 Å². The molecule has 0 spiro atoms. The molecule has 2 rings (SSSR count). The molecule has 0 saturated heterocycles. The van der Waals surface area contributed by atoms with E-state index in [9.17, 15) is 0 Å². The van der Waals surface area contributed by atoms with Crippen LogP contribution in [0.1, 0.15) is 45.2 Å². The Kier molecular flexibility index (Phi) is 4.39. The third kappa shape index (κ3) is 3.86. The Balaban J connectivity index is 2.00. The van der Waals surface area contributed by atoms with Crippen LogP contribution in [0.15, 0.2) is 6.07 Å². The van der Waals surface area contributed by atoms with Crippen molar-refractivity contribution >= 4 is 11.8 Å². The molecule has 1 saturated carbocycles. The predicted molar refractivity (Wildman–Crippen MR) is 76.0 cm³/mol. The van der Waals surface area contributed by atoms with E-state index in [0.29, 0.717) is 12.0 Å². The van der Waals surface area contributed by atoms with Crippen LogP contribution in [0.2, 0.25) is 0 Å². The highest BCUT2D eigenvalue weighted by molar-refractivity contribution is 5.42. The Labute approximate surface area is 110 Å². The number of aryl methyl sites for hydroxylation is 1. The number of nitrogens with one attached hydrogen (secondary N) is 2. The summed E-state index contributed by atoms with van der Waals surface area (Å²) in [7, 11) is 0. The zero-order valence-electron chi connectivity index (χ0n) is 11.7. The second-order valence-corrected chi connectivity index (χ2v) is 5.62. The van der Waals surface area contributed by atoms with Gasteiger partial charge < -0.3 is 10.6 Å². The van der Waals surface area contributed by atoms with Crippen LogP contribution in [-0.4, -0.2) is 22.6 Å². The fourth-order valence-electron chi connectivity index (χ4n) is 2.29. The first kappa shape index (κ1) is 13.1. The molecule has 100 valence electrons. The summed E-state index contributed by atoms with van der Waals surface area (Å²) in [4.78, 5) is 9.00. The van der Waals surface area contributed by atoms with Gasteiger partial charge in [-0.15, -0.1) is 0 Å². The third-order valence-electron chi connectivity index (χ3n) is 3.23. The molecule has 1 aromatic heterocycles. The fraction of sp³-hybridized carbons (Fsp3) is 0.714. The zero-order valence-corrected chi connectivity index (χ0v) is 11.7. The molecule has 4 nitrogen and oxygen atoms in total. The van der Waals surface area contributed by atoms with Gasteiger partial charge in [-0.05, 0) is 25.7 Å². The van der Waals surface area contributed by atoms with Crippen LogP contribution in [0, 0.1) is 12.8 Å². The Morgan fingerprint density at radius 2 is 2.00 bits per heavy atom. The van der Waals surface area contributed by atoms with Crippen LogP contribution < -0.4 is 10.6 Å². The van der Waals surface area contributed by atoms with Gasteiger partial charge in [-0.3, -0.25) is 0 Å². The largest absolute Gasteiger partial charge is 0.370 e. The van der Waals surface area contributed by atoms with Gasteiger partial charge in [-0.25, -0.2) is 4.98 Å². The van der Waals surface area contributed by atoms with E-state index in [4.69, 9.17) is 0 Å². The van der Waals surface area contributed by atoms with Crippen molar-refractivity contribution in [2.75, 3.05) is 17.2 Å². The Hall–Kier alpha value is -1.32. The summed E-state index contributed by atoms with van der Waals surface area (Å²) in [5.74, 6) is 2.32. The maximum Gasteiger partial charge on any atom is 0.225 e. The molecule has 0 unspecified atom stereocenters. The smallest absolute Gasteiger partial charge is 0.225 e. The molecule has 0 aliphatic heterocycles. The molecule has 0 amide bonds. The molecular weight excluding hydrogens is 224 g/mol. The number of anilines is 2. The average Bonchev–Trinajstić information content (AvgIpc) is 2.78. The topological polar surface area (TPSA) is 49.8 Å². The minimum atomic E-state index is 0.560. The van der Waals surface area contributed by atoms with Gasteiger partial charge in [0, 0.05) is 24.3 Å². The molecule has 0 radical (unpaired) electrons. The summed E-state index contributed by atoms with van der Waals surface area (Å²) < 4.78 is 0. The van der Waals surface area contributed by atoms with Crippen molar-refractivity contribution in [2.24, 2.45) is 5.92 Å². The molecule has 4 heteroatoms. The minimum absolute atomic E-state index is 0.560. The summed E-state index contributed by atoms with van der Waals surface area (Å²) in [6, 6.07) is 2.56. The fourth-order valence-corrected chi connectivity index (χ4v) is 2.29. The Morgan fingerprint density at radius 3 is 2.67 bits per heavy atom. The lowest BCUT2D eigenvalue weighted by Crippen LogP contribution is -2.18. The summed E-state index contributed by atoms with van der Waals surface area (Å²) in [6.07, 6.45) is 5.13. The molecule has 0 aromatic carbocycles. The van der Waals surface area contributed by atoms with E-state index in [1.54, 1.807) is 0 Å². The summed E-state index contributed by atoms with van der Waals surface area (Å²) in [6.45, 7) is 7.35. The first-order valence-corrected chi connectivity index (χ1v) is 6.99. The van der Waals surface area contributed by atoms with Crippen molar-refractivity contribution in [3.05, 3.63) is 11.8 Å². The third-order valence-corrected chi connectivity index (χ3v) is 3.23. The molecule has 1 fully saturated rings. The van der Waals surface area contributed by atoms with Crippen molar-refractivity contribution in [2.45, 2.75) is 52.5 Å². The molecule has 0 bridgehead atoms. The van der Waals surface area contributed by atoms with E-state index < -0.39 is 0 Å². The zero-order chi connectivity index (χ0) is 13.0. The average molecular weight is 248 g/mol. The summed E-state index contributed by atoms with van der Waals surface area (Å²) in [5.41, 5.74) is 1.01. The van der Waals surface area contributed by atoms with Gasteiger partial charge in [-0.2, -0.15) is 4.98 Å². The molecular formula is C14H24N4. The van der Waals surface area contributed by atoms with Crippen LogP contribution in [0.25, 0.3) is 0 Å². The predicted octanol–water partition coefficient (Wildman–Crippen LogP) is 3.21. The highest BCUT2D eigenvalue weighted by atomic mass is 15.2. The minimum Gasteiger partial charge on any atom is -0.370 e. The van der Waals surface area contributed by atoms with Gasteiger partial charge in [-0.1, -0.05) is 26.7 Å².